The first-order valence-corrected chi connectivity index (χ1v) is 7.74. The molecule has 1 aromatic rings. The molecule has 0 radical (unpaired) electrons. The summed E-state index contributed by atoms with van der Waals surface area (Å²) in [5.74, 6) is 0.120. The van der Waals surface area contributed by atoms with E-state index in [1.807, 2.05) is 0 Å². The third-order valence-electron chi connectivity index (χ3n) is 3.99. The van der Waals surface area contributed by atoms with Crippen molar-refractivity contribution >= 4 is 23.2 Å². The second kappa shape index (κ2) is 7.72. The molecule has 1 amide bonds. The molecular weight excluding hydrogens is 322 g/mol. The number of nitrogens with one attached hydrogen (secondary N) is 2. The largest absolute Gasteiger partial charge is 0.492 e. The van der Waals surface area contributed by atoms with E-state index in [9.17, 15) is 9.90 Å². The Balaban J connectivity index is 2.17. The van der Waals surface area contributed by atoms with Crippen LogP contribution in [0.3, 0.4) is 0 Å². The maximum atomic E-state index is 12.5. The number of halogens is 1. The molecular formula is C15H22ClN3O4. The molecule has 1 saturated heterocycles. The van der Waals surface area contributed by atoms with Gasteiger partial charge in [0.25, 0.3) is 5.91 Å². The molecule has 128 valence electrons. The van der Waals surface area contributed by atoms with Crippen molar-refractivity contribution in [3.05, 3.63) is 16.7 Å². The highest BCUT2D eigenvalue weighted by Gasteiger charge is 2.25. The number of aliphatic hydroxyl groups is 1. The first kappa shape index (κ1) is 17.7. The summed E-state index contributed by atoms with van der Waals surface area (Å²) in [6.07, 6.45) is 0.320. The van der Waals surface area contributed by atoms with Gasteiger partial charge in [-0.2, -0.15) is 0 Å². The minimum absolute atomic E-state index is 0.0114. The maximum absolute atomic E-state index is 12.5. The second-order valence-corrected chi connectivity index (χ2v) is 5.82. The Morgan fingerprint density at radius 3 is 2.78 bits per heavy atom. The zero-order valence-electron chi connectivity index (χ0n) is 13.2. The molecule has 0 spiro atoms. The Bertz CT molecular complexity index is 582. The van der Waals surface area contributed by atoms with Crippen LogP contribution in [-0.2, 0) is 0 Å². The Labute approximate surface area is 140 Å². The molecule has 23 heavy (non-hydrogen) atoms. The van der Waals surface area contributed by atoms with Gasteiger partial charge in [0.15, 0.2) is 11.5 Å². The summed E-state index contributed by atoms with van der Waals surface area (Å²) >= 11 is 6.05. The summed E-state index contributed by atoms with van der Waals surface area (Å²) < 4.78 is 10.4. The van der Waals surface area contributed by atoms with Gasteiger partial charge in [-0.05, 0) is 19.0 Å². The highest BCUT2D eigenvalue weighted by Crippen LogP contribution is 2.41. The van der Waals surface area contributed by atoms with Crippen molar-refractivity contribution in [3.63, 3.8) is 0 Å². The number of amides is 1. The lowest BCUT2D eigenvalue weighted by Gasteiger charge is -2.28. The molecule has 2 unspecified atom stereocenters. The van der Waals surface area contributed by atoms with Gasteiger partial charge in [0.1, 0.15) is 0 Å². The lowest BCUT2D eigenvalue weighted by Crippen LogP contribution is -2.45. The van der Waals surface area contributed by atoms with Crippen LogP contribution >= 0.6 is 11.6 Å². The number of rotatable bonds is 5. The van der Waals surface area contributed by atoms with Crippen LogP contribution < -0.4 is 25.8 Å². The third kappa shape index (κ3) is 3.80. The van der Waals surface area contributed by atoms with Gasteiger partial charge in [0.2, 0.25) is 0 Å². The third-order valence-corrected chi connectivity index (χ3v) is 4.30. The number of hydrogen-bond donors (Lipinski definition) is 4. The van der Waals surface area contributed by atoms with Crippen molar-refractivity contribution in [2.75, 3.05) is 39.6 Å². The predicted octanol–water partition coefficient (Wildman–Crippen LogP) is 0.640. The standard InChI is InChI=1S/C15H22ClN3O4/c1-22-13-9(5-10(16)12(17)14(13)23-2)15(21)19-6-8-3-4-18-7-11(8)20/h5,8,11,18,20H,3-4,6-7,17H2,1-2H3,(H,19,21). The van der Waals surface area contributed by atoms with Crippen LogP contribution in [0, 0.1) is 5.92 Å². The van der Waals surface area contributed by atoms with Gasteiger partial charge in [-0.3, -0.25) is 4.79 Å². The number of β-amino-alcohol motifs (C(OH)–C–C–N with tert-alkyl or cyclic N) is 1. The molecule has 5 N–H and O–H groups in total. The van der Waals surface area contributed by atoms with Gasteiger partial charge in [-0.15, -0.1) is 0 Å². The van der Waals surface area contributed by atoms with Crippen LogP contribution in [0.25, 0.3) is 0 Å². The molecule has 7 nitrogen and oxygen atoms in total. The smallest absolute Gasteiger partial charge is 0.255 e. The van der Waals surface area contributed by atoms with E-state index in [1.165, 1.54) is 20.3 Å². The monoisotopic (exact) mass is 343 g/mol. The summed E-state index contributed by atoms with van der Waals surface area (Å²) in [6, 6.07) is 1.45. The first-order chi connectivity index (χ1) is 11.0. The fourth-order valence-corrected chi connectivity index (χ4v) is 2.85. The highest BCUT2D eigenvalue weighted by molar-refractivity contribution is 6.34. The fraction of sp³-hybridized carbons (Fsp3) is 0.533. The molecule has 1 aliphatic heterocycles. The molecule has 0 aromatic heterocycles. The quantitative estimate of drug-likeness (QED) is 0.585. The van der Waals surface area contributed by atoms with Gasteiger partial charge >= 0.3 is 0 Å². The second-order valence-electron chi connectivity index (χ2n) is 5.42. The SMILES string of the molecule is COc1c(C(=O)NCC2CCNCC2O)cc(Cl)c(N)c1OC. The van der Waals surface area contributed by atoms with E-state index >= 15 is 0 Å². The van der Waals surface area contributed by atoms with Crippen molar-refractivity contribution in [1.29, 1.82) is 0 Å². The Morgan fingerprint density at radius 2 is 2.17 bits per heavy atom. The van der Waals surface area contributed by atoms with Gasteiger partial charge in [0, 0.05) is 19.0 Å². The van der Waals surface area contributed by atoms with Gasteiger partial charge < -0.3 is 30.9 Å². The molecule has 0 aliphatic carbocycles. The molecule has 8 heteroatoms. The van der Waals surface area contributed by atoms with Crippen LogP contribution in [0.4, 0.5) is 5.69 Å². The van der Waals surface area contributed by atoms with Crippen LogP contribution in [0.15, 0.2) is 6.07 Å². The number of aliphatic hydroxyl groups excluding tert-OH is 1. The molecule has 0 bridgehead atoms. The first-order valence-electron chi connectivity index (χ1n) is 7.36. The number of hydrogen-bond acceptors (Lipinski definition) is 6. The van der Waals surface area contributed by atoms with Crippen LogP contribution in [-0.4, -0.2) is 51.0 Å². The van der Waals surface area contributed by atoms with Crippen molar-refractivity contribution in [1.82, 2.24) is 10.6 Å². The number of ether oxygens (including phenoxy) is 2. The summed E-state index contributed by atoms with van der Waals surface area (Å²) in [7, 11) is 2.86. The molecule has 2 atom stereocenters. The number of benzene rings is 1. The van der Waals surface area contributed by atoms with E-state index < -0.39 is 6.10 Å². The average Bonchev–Trinajstić information content (AvgIpc) is 2.55. The number of carbonyl (C=O) groups excluding carboxylic acids is 1. The topological polar surface area (TPSA) is 106 Å². The lowest BCUT2D eigenvalue weighted by atomic mass is 9.95. The maximum Gasteiger partial charge on any atom is 0.255 e. The molecule has 1 fully saturated rings. The van der Waals surface area contributed by atoms with E-state index in [4.69, 9.17) is 26.8 Å². The van der Waals surface area contributed by atoms with Crippen LogP contribution in [0.2, 0.25) is 5.02 Å². The van der Waals surface area contributed by atoms with Crippen molar-refractivity contribution < 1.29 is 19.4 Å². The Hall–Kier alpha value is -1.70. The number of nitrogen functional groups attached to an aromatic ring is 1. The van der Waals surface area contributed by atoms with E-state index in [-0.39, 0.29) is 39.6 Å². The number of methoxy groups -OCH3 is 2. The summed E-state index contributed by atoms with van der Waals surface area (Å²) in [4.78, 5) is 12.5. The van der Waals surface area contributed by atoms with Gasteiger partial charge in [0.05, 0.1) is 36.6 Å². The lowest BCUT2D eigenvalue weighted by molar-refractivity contribution is 0.0752. The van der Waals surface area contributed by atoms with E-state index in [1.54, 1.807) is 0 Å². The highest BCUT2D eigenvalue weighted by atomic mass is 35.5. The molecule has 1 aliphatic rings. The fourth-order valence-electron chi connectivity index (χ4n) is 2.65. The van der Waals surface area contributed by atoms with E-state index in [0.29, 0.717) is 13.1 Å². The zero-order valence-corrected chi connectivity index (χ0v) is 13.9. The molecule has 2 rings (SSSR count). The Morgan fingerprint density at radius 1 is 1.48 bits per heavy atom. The Kier molecular flexibility index (Phi) is 5.92. The number of piperidine rings is 1. The zero-order chi connectivity index (χ0) is 17.0. The molecule has 0 saturated carbocycles. The average molecular weight is 344 g/mol. The van der Waals surface area contributed by atoms with Crippen molar-refractivity contribution in [2.24, 2.45) is 5.92 Å². The van der Waals surface area contributed by atoms with Crippen LogP contribution in [0.5, 0.6) is 11.5 Å². The summed E-state index contributed by atoms with van der Waals surface area (Å²) in [6.45, 7) is 1.73. The normalized spacial score (nSPS) is 20.9. The summed E-state index contributed by atoms with van der Waals surface area (Å²) in [5.41, 5.74) is 6.30. The minimum atomic E-state index is -0.476. The van der Waals surface area contributed by atoms with Crippen molar-refractivity contribution in [2.45, 2.75) is 12.5 Å². The number of anilines is 1. The molecule has 1 heterocycles. The van der Waals surface area contributed by atoms with Gasteiger partial charge in [-0.25, -0.2) is 0 Å². The van der Waals surface area contributed by atoms with Crippen LogP contribution in [0.1, 0.15) is 16.8 Å². The van der Waals surface area contributed by atoms with Crippen molar-refractivity contribution in [3.8, 4) is 11.5 Å². The van der Waals surface area contributed by atoms with Gasteiger partial charge in [-0.1, -0.05) is 11.6 Å². The summed E-state index contributed by atoms with van der Waals surface area (Å²) in [5, 5.41) is 16.0. The number of carbonyl (C=O) groups is 1. The predicted molar refractivity (Wildman–Crippen MR) is 88.3 cm³/mol. The minimum Gasteiger partial charge on any atom is -0.492 e. The van der Waals surface area contributed by atoms with E-state index in [0.717, 1.165) is 13.0 Å². The van der Waals surface area contributed by atoms with E-state index in [2.05, 4.69) is 10.6 Å². The molecule has 1 aromatic carbocycles. The number of nitrogens with two attached hydrogens (primary N) is 1.